The molecule has 2 unspecified atom stereocenters. The molecule has 1 N–H and O–H groups in total. The van der Waals surface area contributed by atoms with E-state index in [0.29, 0.717) is 22.9 Å². The van der Waals surface area contributed by atoms with Crippen molar-refractivity contribution < 1.29 is 0 Å². The minimum absolute atomic E-state index is 0.394. The van der Waals surface area contributed by atoms with Gasteiger partial charge in [-0.3, -0.25) is 0 Å². The molecule has 0 aliphatic heterocycles. The van der Waals surface area contributed by atoms with Gasteiger partial charge < -0.3 is 5.32 Å². The molecule has 0 saturated heterocycles. The molecule has 4 atom stereocenters. The Morgan fingerprint density at radius 1 is 1.25 bits per heavy atom. The van der Waals surface area contributed by atoms with Gasteiger partial charge in [0, 0.05) is 16.6 Å². The van der Waals surface area contributed by atoms with Crippen molar-refractivity contribution in [2.24, 2.45) is 16.7 Å². The van der Waals surface area contributed by atoms with Crippen LogP contribution in [0.2, 0.25) is 0 Å². The number of halogens is 1. The number of nitrogens with one attached hydrogen (secondary N) is 1. The monoisotopic (exact) mass is 335 g/mol. The average molecular weight is 336 g/mol. The van der Waals surface area contributed by atoms with Gasteiger partial charge in [-0.2, -0.15) is 0 Å². The van der Waals surface area contributed by atoms with Crippen LogP contribution >= 0.6 is 15.9 Å². The van der Waals surface area contributed by atoms with Crippen LogP contribution in [0.25, 0.3) is 0 Å². The highest BCUT2D eigenvalue weighted by Gasteiger charge is 2.59. The van der Waals surface area contributed by atoms with E-state index in [9.17, 15) is 0 Å². The molecule has 2 fully saturated rings. The van der Waals surface area contributed by atoms with Crippen molar-refractivity contribution in [2.45, 2.75) is 59.0 Å². The molecule has 0 radical (unpaired) electrons. The van der Waals surface area contributed by atoms with Crippen LogP contribution in [-0.2, 0) is 0 Å². The molecule has 2 heteroatoms. The number of rotatable bonds is 3. The summed E-state index contributed by atoms with van der Waals surface area (Å²) in [5.74, 6) is 0.899. The molecule has 1 aromatic carbocycles. The summed E-state index contributed by atoms with van der Waals surface area (Å²) in [4.78, 5) is 0. The zero-order chi connectivity index (χ0) is 14.5. The molecule has 1 nitrogen and oxygen atoms in total. The molecule has 0 heterocycles. The van der Waals surface area contributed by atoms with Crippen molar-refractivity contribution in [2.75, 3.05) is 0 Å². The van der Waals surface area contributed by atoms with Crippen LogP contribution < -0.4 is 5.32 Å². The minimum atomic E-state index is 0.394. The number of hydrogen-bond donors (Lipinski definition) is 1. The topological polar surface area (TPSA) is 12.0 Å². The lowest BCUT2D eigenvalue weighted by molar-refractivity contribution is 0.100. The molecule has 0 aromatic heterocycles. The molecule has 110 valence electrons. The normalized spacial score (nSPS) is 36.2. The maximum absolute atomic E-state index is 3.97. The largest absolute Gasteiger partial charge is 0.306 e. The van der Waals surface area contributed by atoms with Crippen LogP contribution in [0.15, 0.2) is 28.7 Å². The molecular weight excluding hydrogens is 310 g/mol. The second kappa shape index (κ2) is 4.84. The van der Waals surface area contributed by atoms with Gasteiger partial charge in [0.05, 0.1) is 0 Å². The molecular formula is C18H26BrN. The highest BCUT2D eigenvalue weighted by Crippen LogP contribution is 2.62. The zero-order valence-corrected chi connectivity index (χ0v) is 14.6. The van der Waals surface area contributed by atoms with E-state index >= 15 is 0 Å². The number of hydrogen-bond acceptors (Lipinski definition) is 1. The van der Waals surface area contributed by atoms with E-state index in [1.807, 2.05) is 0 Å². The van der Waals surface area contributed by atoms with Gasteiger partial charge in [0.15, 0.2) is 0 Å². The van der Waals surface area contributed by atoms with E-state index in [1.54, 1.807) is 0 Å². The van der Waals surface area contributed by atoms with Gasteiger partial charge in [-0.25, -0.2) is 0 Å². The Morgan fingerprint density at radius 2 is 1.95 bits per heavy atom. The summed E-state index contributed by atoms with van der Waals surface area (Å²) in [5.41, 5.74) is 2.28. The van der Waals surface area contributed by atoms with Gasteiger partial charge >= 0.3 is 0 Å². The fourth-order valence-corrected chi connectivity index (χ4v) is 5.51. The van der Waals surface area contributed by atoms with Gasteiger partial charge in [-0.05, 0) is 54.6 Å². The first-order valence-corrected chi connectivity index (χ1v) is 8.64. The maximum atomic E-state index is 3.97. The van der Waals surface area contributed by atoms with Crippen LogP contribution in [0.3, 0.4) is 0 Å². The lowest BCUT2D eigenvalue weighted by atomic mass is 9.68. The van der Waals surface area contributed by atoms with Crippen LogP contribution in [0.5, 0.6) is 0 Å². The molecule has 2 aliphatic carbocycles. The third kappa shape index (κ3) is 2.16. The Bertz CT molecular complexity index is 505. The van der Waals surface area contributed by atoms with Gasteiger partial charge in [0.25, 0.3) is 0 Å². The highest BCUT2D eigenvalue weighted by atomic mass is 79.9. The van der Waals surface area contributed by atoms with E-state index in [1.165, 1.54) is 29.3 Å². The lowest BCUT2D eigenvalue weighted by Crippen LogP contribution is -2.51. The molecule has 20 heavy (non-hydrogen) atoms. The Balaban J connectivity index is 1.83. The summed E-state index contributed by atoms with van der Waals surface area (Å²) in [6.45, 7) is 9.72. The van der Waals surface area contributed by atoms with E-state index in [2.05, 4.69) is 73.2 Å². The molecule has 3 rings (SSSR count). The van der Waals surface area contributed by atoms with Gasteiger partial charge in [0.2, 0.25) is 0 Å². The Kier molecular flexibility index (Phi) is 3.53. The van der Waals surface area contributed by atoms with Crippen LogP contribution in [0.1, 0.15) is 58.6 Å². The second-order valence-electron chi connectivity index (χ2n) is 7.76. The summed E-state index contributed by atoms with van der Waals surface area (Å²) in [6.07, 6.45) is 4.22. The maximum Gasteiger partial charge on any atom is 0.0305 e. The predicted molar refractivity (Wildman–Crippen MR) is 88.7 cm³/mol. The third-order valence-corrected chi connectivity index (χ3v) is 6.78. The van der Waals surface area contributed by atoms with Crippen LogP contribution in [-0.4, -0.2) is 6.04 Å². The third-order valence-electron chi connectivity index (χ3n) is 6.06. The first-order chi connectivity index (χ1) is 9.34. The molecule has 1 aromatic rings. The molecule has 2 saturated carbocycles. The van der Waals surface area contributed by atoms with Gasteiger partial charge in [-0.1, -0.05) is 54.9 Å². The Morgan fingerprint density at radius 3 is 2.55 bits per heavy atom. The fraction of sp³-hybridized carbons (Fsp3) is 0.667. The molecule has 0 spiro atoms. The highest BCUT2D eigenvalue weighted by molar-refractivity contribution is 9.10. The first-order valence-electron chi connectivity index (χ1n) is 7.85. The van der Waals surface area contributed by atoms with Crippen molar-refractivity contribution in [1.29, 1.82) is 0 Å². The van der Waals surface area contributed by atoms with Crippen LogP contribution in [0.4, 0.5) is 0 Å². The quantitative estimate of drug-likeness (QED) is 0.788. The van der Waals surface area contributed by atoms with E-state index in [0.717, 1.165) is 5.92 Å². The molecule has 2 aliphatic rings. The lowest BCUT2D eigenvalue weighted by Gasteiger charge is -2.44. The SMILES string of the molecule is CC(NC1C(C)(C)[C@H]2CC[C@]1(C)C2)c1ccccc1Br. The first kappa shape index (κ1) is 14.6. The van der Waals surface area contributed by atoms with Crippen molar-refractivity contribution in [3.63, 3.8) is 0 Å². The van der Waals surface area contributed by atoms with Crippen molar-refractivity contribution in [3.8, 4) is 0 Å². The van der Waals surface area contributed by atoms with E-state index < -0.39 is 0 Å². The summed E-state index contributed by atoms with van der Waals surface area (Å²) < 4.78 is 1.21. The summed E-state index contributed by atoms with van der Waals surface area (Å²) in [7, 11) is 0. The Labute approximate surface area is 131 Å². The van der Waals surface area contributed by atoms with Gasteiger partial charge in [0.1, 0.15) is 0 Å². The van der Waals surface area contributed by atoms with Gasteiger partial charge in [-0.15, -0.1) is 0 Å². The number of benzene rings is 1. The van der Waals surface area contributed by atoms with Crippen molar-refractivity contribution >= 4 is 15.9 Å². The van der Waals surface area contributed by atoms with Crippen molar-refractivity contribution in [1.82, 2.24) is 5.32 Å². The molecule has 2 bridgehead atoms. The minimum Gasteiger partial charge on any atom is -0.306 e. The summed E-state index contributed by atoms with van der Waals surface area (Å²) in [6, 6.07) is 9.60. The fourth-order valence-electron chi connectivity index (χ4n) is 4.88. The van der Waals surface area contributed by atoms with Crippen molar-refractivity contribution in [3.05, 3.63) is 34.3 Å². The number of fused-ring (bicyclic) bond motifs is 2. The van der Waals surface area contributed by atoms with E-state index in [-0.39, 0.29) is 0 Å². The summed E-state index contributed by atoms with van der Waals surface area (Å²) in [5, 5.41) is 3.97. The van der Waals surface area contributed by atoms with Crippen LogP contribution in [0, 0.1) is 16.7 Å². The second-order valence-corrected chi connectivity index (χ2v) is 8.61. The standard InChI is InChI=1S/C18H26BrN/c1-12(14-7-5-6-8-15(14)19)20-16-17(2,3)13-9-10-18(16,4)11-13/h5-8,12-13,16,20H,9-11H2,1-4H3/t12?,13-,16?,18+/m0/s1. The Hall–Kier alpha value is -0.340. The summed E-state index contributed by atoms with van der Waals surface area (Å²) >= 11 is 3.69. The zero-order valence-electron chi connectivity index (χ0n) is 13.0. The predicted octanol–water partition coefficient (Wildman–Crippen LogP) is 5.31. The molecule has 0 amide bonds. The average Bonchev–Trinajstić information content (AvgIpc) is 2.86. The smallest absolute Gasteiger partial charge is 0.0305 e. The van der Waals surface area contributed by atoms with E-state index in [4.69, 9.17) is 0 Å².